The fraction of sp³-hybridized carbons (Fsp3) is 0. The van der Waals surface area contributed by atoms with Gasteiger partial charge in [-0.05, 0) is 154 Å². The summed E-state index contributed by atoms with van der Waals surface area (Å²) >= 11 is 1.86. The lowest BCUT2D eigenvalue weighted by Gasteiger charge is -2.15. The zero-order chi connectivity index (χ0) is 97.4. The van der Waals surface area contributed by atoms with Crippen LogP contribution in [-0.2, 0) is 0 Å². The average Bonchev–Trinajstić information content (AvgIpc) is 1.48. The molecule has 0 amide bonds. The smallest absolute Gasteiger partial charge is 0.235 e. The van der Waals surface area contributed by atoms with Gasteiger partial charge in [0.25, 0.3) is 0 Å². The van der Waals surface area contributed by atoms with Gasteiger partial charge in [0.15, 0.2) is 34.9 Å². The normalized spacial score (nSPS) is 11.8. The van der Waals surface area contributed by atoms with Crippen LogP contribution in [0.25, 0.3) is 281 Å². The van der Waals surface area contributed by atoms with Crippen LogP contribution in [0, 0.1) is 0 Å². The second-order valence-corrected chi connectivity index (χ2v) is 38.6. The summed E-state index contributed by atoms with van der Waals surface area (Å²) in [5.74, 6) is 4.56. The minimum absolute atomic E-state index is 0.637. The molecule has 148 heavy (non-hydrogen) atoms. The zero-order valence-corrected chi connectivity index (χ0v) is 80.5. The van der Waals surface area contributed by atoms with Gasteiger partial charge in [0.2, 0.25) is 5.95 Å². The number of thiophene rings is 1. The third-order valence-electron chi connectivity index (χ3n) is 29.1. The van der Waals surface area contributed by atoms with E-state index < -0.39 is 0 Å². The SMILES string of the molecule is c1ccc(-c2nc(-c3ccccc3)nc(-c3ccc(-n4c5ccccc5c5cc6c7c8ccccc8ccc7n(-c7ccccc7)c6cc54)cc3)n2)cc1.c1ccc(-c2nc(-c3ccccc3)nc(-c3ccc(-n4c5ccccc5c5cc6c7ccccc7n(-c7ccccc7)c6cc54)c4ccccc34)n2)cc1.c1ccc(-c2nc(-n3c4ccccc4c4c5ccccc5c5c6ccccc6sc5c43)nc3ccccc23)cc1. The summed E-state index contributed by atoms with van der Waals surface area (Å²) in [7, 11) is 0. The number of aromatic nitrogens is 13. The van der Waals surface area contributed by atoms with E-state index in [0.717, 1.165) is 117 Å². The van der Waals surface area contributed by atoms with Crippen molar-refractivity contribution in [2.45, 2.75) is 0 Å². The predicted molar refractivity (Wildman–Crippen MR) is 614 cm³/mol. The van der Waals surface area contributed by atoms with Crippen LogP contribution in [0.4, 0.5) is 0 Å². The zero-order valence-electron chi connectivity index (χ0n) is 79.6. The Bertz CT molecular complexity index is 10600. The van der Waals surface area contributed by atoms with Gasteiger partial charge in [-0.1, -0.05) is 376 Å². The number of para-hydroxylation sites is 7. The Kier molecular flexibility index (Phi) is 20.2. The molecule has 0 aliphatic heterocycles. The van der Waals surface area contributed by atoms with E-state index in [4.69, 9.17) is 39.9 Å². The van der Waals surface area contributed by atoms with Gasteiger partial charge in [0.05, 0.1) is 76.8 Å². The summed E-state index contributed by atoms with van der Waals surface area (Å²) in [4.78, 5) is 40.5. The average molecular weight is 1910 g/mol. The molecule has 9 aromatic heterocycles. The summed E-state index contributed by atoms with van der Waals surface area (Å²) in [6.07, 6.45) is 0. The highest BCUT2D eigenvalue weighted by Gasteiger charge is 2.29. The Morgan fingerprint density at radius 3 is 1.07 bits per heavy atom. The fourth-order valence-electron chi connectivity index (χ4n) is 22.5. The van der Waals surface area contributed by atoms with E-state index in [9.17, 15) is 0 Å². The molecule has 0 aliphatic carbocycles. The van der Waals surface area contributed by atoms with E-state index >= 15 is 0 Å². The van der Waals surface area contributed by atoms with Gasteiger partial charge in [-0.2, -0.15) is 0 Å². The van der Waals surface area contributed by atoms with Crippen molar-refractivity contribution in [2.75, 3.05) is 0 Å². The highest BCUT2D eigenvalue weighted by atomic mass is 32.1. The molecule has 0 unspecified atom stereocenters. The monoisotopic (exact) mass is 1910 g/mol. The Balaban J connectivity index is 0.000000106. The van der Waals surface area contributed by atoms with Gasteiger partial charge < -0.3 is 18.3 Å². The van der Waals surface area contributed by atoms with E-state index in [-0.39, 0.29) is 0 Å². The Labute approximate surface area is 852 Å². The number of fused-ring (bicyclic) bond motifs is 26. The molecular weight excluding hydrogens is 1820 g/mol. The molecule has 0 radical (unpaired) electrons. The van der Waals surface area contributed by atoms with Crippen LogP contribution in [0.3, 0.4) is 0 Å². The summed E-state index contributed by atoms with van der Waals surface area (Å²) in [6.45, 7) is 0. The second kappa shape index (κ2) is 35.1. The fourth-order valence-corrected chi connectivity index (χ4v) is 23.8. The van der Waals surface area contributed by atoms with E-state index in [1.165, 1.54) is 123 Å². The van der Waals surface area contributed by atoms with E-state index in [1.807, 2.05) is 139 Å². The van der Waals surface area contributed by atoms with Crippen molar-refractivity contribution in [2.24, 2.45) is 0 Å². The largest absolute Gasteiger partial charge is 0.309 e. The number of nitrogens with zero attached hydrogens (tertiary/aromatic N) is 13. The third kappa shape index (κ3) is 14.1. The maximum absolute atomic E-state index is 5.31. The van der Waals surface area contributed by atoms with Crippen LogP contribution in [0.1, 0.15) is 0 Å². The van der Waals surface area contributed by atoms with E-state index in [2.05, 4.69) is 399 Å². The van der Waals surface area contributed by atoms with Gasteiger partial charge in [-0.25, -0.2) is 39.9 Å². The molecule has 0 N–H and O–H groups in total. The quantitative estimate of drug-likeness (QED) is 0.118. The molecule has 690 valence electrons. The number of rotatable bonds is 12. The molecule has 0 aliphatic rings. The van der Waals surface area contributed by atoms with Crippen LogP contribution in [0.15, 0.2) is 504 Å². The van der Waals surface area contributed by atoms with Crippen molar-refractivity contribution < 1.29 is 0 Å². The van der Waals surface area contributed by atoms with Gasteiger partial charge >= 0.3 is 0 Å². The van der Waals surface area contributed by atoms with Crippen molar-refractivity contribution in [3.63, 3.8) is 0 Å². The molecule has 0 spiro atoms. The molecule has 14 heteroatoms. The summed E-state index contributed by atoms with van der Waals surface area (Å²) in [5.41, 5.74) is 24.7. The van der Waals surface area contributed by atoms with Crippen molar-refractivity contribution in [1.29, 1.82) is 0 Å². The first-order valence-corrected chi connectivity index (χ1v) is 50.7. The van der Waals surface area contributed by atoms with E-state index in [1.54, 1.807) is 0 Å². The molecule has 31 aromatic rings. The van der Waals surface area contributed by atoms with E-state index in [0.29, 0.717) is 40.9 Å². The van der Waals surface area contributed by atoms with Crippen LogP contribution in [0.5, 0.6) is 0 Å². The predicted octanol–water partition coefficient (Wildman–Crippen LogP) is 34.4. The molecular formula is C134H83N13S. The van der Waals surface area contributed by atoms with Crippen molar-refractivity contribution in [1.82, 2.24) is 62.7 Å². The van der Waals surface area contributed by atoms with Gasteiger partial charge in [-0.15, -0.1) is 11.3 Å². The van der Waals surface area contributed by atoms with Gasteiger partial charge in [0.1, 0.15) is 0 Å². The van der Waals surface area contributed by atoms with Crippen molar-refractivity contribution in [3.05, 3.63) is 504 Å². The molecule has 13 nitrogen and oxygen atoms in total. The molecule has 0 bridgehead atoms. The summed E-state index contributed by atoms with van der Waals surface area (Å²) in [6, 6.07) is 177. The molecule has 0 saturated heterocycles. The maximum atomic E-state index is 5.31. The lowest BCUT2D eigenvalue weighted by atomic mass is 9.99. The van der Waals surface area contributed by atoms with Crippen LogP contribution < -0.4 is 0 Å². The lowest BCUT2D eigenvalue weighted by molar-refractivity contribution is 1.02. The highest BCUT2D eigenvalue weighted by molar-refractivity contribution is 7.27. The molecule has 0 saturated carbocycles. The van der Waals surface area contributed by atoms with Crippen LogP contribution in [0.2, 0.25) is 0 Å². The third-order valence-corrected chi connectivity index (χ3v) is 30.3. The first-order chi connectivity index (χ1) is 73.4. The summed E-state index contributed by atoms with van der Waals surface area (Å²) < 4.78 is 14.5. The van der Waals surface area contributed by atoms with Crippen molar-refractivity contribution >= 4 is 184 Å². The van der Waals surface area contributed by atoms with Crippen molar-refractivity contribution in [3.8, 4) is 108 Å². The topological polar surface area (TPSA) is 128 Å². The van der Waals surface area contributed by atoms with Gasteiger partial charge in [-0.3, -0.25) is 4.57 Å². The first kappa shape index (κ1) is 85.0. The Morgan fingerprint density at radius 2 is 0.541 bits per heavy atom. The molecule has 0 fully saturated rings. The molecule has 0 atom stereocenters. The highest BCUT2D eigenvalue weighted by Crippen LogP contribution is 2.51. The second-order valence-electron chi connectivity index (χ2n) is 37.5. The number of hydrogen-bond acceptors (Lipinski definition) is 9. The van der Waals surface area contributed by atoms with Gasteiger partial charge in [0, 0.05) is 136 Å². The number of hydrogen-bond donors (Lipinski definition) is 0. The minimum Gasteiger partial charge on any atom is -0.309 e. The Hall–Kier alpha value is -19.8. The molecule has 9 heterocycles. The minimum atomic E-state index is 0.637. The molecule has 22 aromatic carbocycles. The maximum Gasteiger partial charge on any atom is 0.235 e. The number of benzene rings is 22. The molecule has 31 rings (SSSR count). The lowest BCUT2D eigenvalue weighted by Crippen LogP contribution is -2.03. The standard InChI is InChI=1S/2C49H31N5.C36H21N3S/c1-4-16-32(17-5-1)47-50-48(33-18-6-2-7-19-33)52-49(51-47)39-28-29-44(36-23-11-10-22-35(36)39)54-43-27-15-13-25-38(43)41-30-40-37-24-12-14-26-42(37)53(45(40)31-46(41)54)34-20-8-3-9-21-34;1-4-15-33(16-5-1)47-50-48(34-17-6-2-7-18-34)52-49(51-47)35-24-27-37(28-25-35)53-42-23-13-12-22-39(42)40-30-41-45(31-44(40)53)54(36-19-8-3-9-20-36)43-29-26-32-14-10-11-21-38(32)46(41)43;1-2-12-22(13-3-1)33-25-16-6-9-19-28(25)37-36(38-33)39-29-20-10-7-17-26(29)31-23-14-4-5-15-24(23)32-27-18-8-11-21-30(27)40-35(32)34(31)39/h2*1-31H;1-21H. The Morgan fingerprint density at radius 1 is 0.176 bits per heavy atom. The first-order valence-electron chi connectivity index (χ1n) is 49.9. The van der Waals surface area contributed by atoms with Crippen LogP contribution in [-0.4, -0.2) is 62.7 Å². The summed E-state index contributed by atoms with van der Waals surface area (Å²) in [5, 5.41) is 23.2. The van der Waals surface area contributed by atoms with Crippen LogP contribution >= 0.6 is 11.3 Å².